The number of aliphatic carboxylic acids is 2. The van der Waals surface area contributed by atoms with Crippen LogP contribution in [0.25, 0.3) is 0 Å². The SMILES string of the molecule is CCC(Br)C(=O)[O-].CCC(Br)C(=O)[O-].[Ba+2]. The summed E-state index contributed by atoms with van der Waals surface area (Å²) in [4.78, 5) is 18.6. The number of hydrogen-bond acceptors (Lipinski definition) is 4. The zero-order chi connectivity index (χ0) is 11.7. The van der Waals surface area contributed by atoms with Crippen molar-refractivity contribution in [3.05, 3.63) is 0 Å². The Hall–Kier alpha value is 1.47. The quantitative estimate of drug-likeness (QED) is 0.409. The van der Waals surface area contributed by atoms with Crippen LogP contribution in [0.5, 0.6) is 0 Å². The number of alkyl halides is 2. The van der Waals surface area contributed by atoms with Gasteiger partial charge in [0.2, 0.25) is 0 Å². The van der Waals surface area contributed by atoms with Crippen LogP contribution in [0.4, 0.5) is 0 Å². The second-order valence-corrected chi connectivity index (χ2v) is 4.60. The summed E-state index contributed by atoms with van der Waals surface area (Å²) >= 11 is 5.76. The first kappa shape index (κ1) is 21.7. The van der Waals surface area contributed by atoms with E-state index in [0.717, 1.165) is 0 Å². The Morgan fingerprint density at radius 2 is 1.20 bits per heavy atom. The second-order valence-electron chi connectivity index (χ2n) is 2.39. The minimum atomic E-state index is -1.04. The zero-order valence-corrected chi connectivity index (χ0v) is 16.3. The first-order valence-electron chi connectivity index (χ1n) is 4.06. The minimum Gasteiger partial charge on any atom is -0.549 e. The van der Waals surface area contributed by atoms with Crippen molar-refractivity contribution in [1.82, 2.24) is 0 Å². The van der Waals surface area contributed by atoms with Crippen LogP contribution in [0.1, 0.15) is 26.7 Å². The topological polar surface area (TPSA) is 80.3 Å². The average molecular weight is 469 g/mol. The Labute approximate surface area is 147 Å². The average Bonchev–Trinajstić information content (AvgIpc) is 2.15. The number of rotatable bonds is 4. The van der Waals surface area contributed by atoms with Crippen LogP contribution in [0, 0.1) is 0 Å². The smallest absolute Gasteiger partial charge is 0.549 e. The number of carboxylic acids is 2. The molecule has 0 amide bonds. The summed E-state index contributed by atoms with van der Waals surface area (Å²) in [6.45, 7) is 3.55. The molecule has 0 bridgehead atoms. The molecule has 84 valence electrons. The summed E-state index contributed by atoms with van der Waals surface area (Å²) in [5, 5.41) is 19.5. The number of carboxylic acid groups (broad SMARTS) is 2. The maximum Gasteiger partial charge on any atom is 2.00 e. The Morgan fingerprint density at radius 3 is 1.20 bits per heavy atom. The molecule has 4 nitrogen and oxygen atoms in total. The summed E-state index contributed by atoms with van der Waals surface area (Å²) in [5.41, 5.74) is 0. The van der Waals surface area contributed by atoms with Gasteiger partial charge in [0.25, 0.3) is 0 Å². The molecule has 0 aliphatic rings. The van der Waals surface area contributed by atoms with Crippen LogP contribution < -0.4 is 10.2 Å². The van der Waals surface area contributed by atoms with Crippen molar-refractivity contribution in [2.75, 3.05) is 0 Å². The molecule has 0 N–H and O–H groups in total. The molecule has 0 radical (unpaired) electrons. The third-order valence-electron chi connectivity index (χ3n) is 1.23. The number of carbonyl (C=O) groups excluding carboxylic acids is 2. The van der Waals surface area contributed by atoms with E-state index in [-0.39, 0.29) is 48.9 Å². The van der Waals surface area contributed by atoms with Crippen LogP contribution in [0.3, 0.4) is 0 Å². The summed E-state index contributed by atoms with van der Waals surface area (Å²) < 4.78 is 0. The van der Waals surface area contributed by atoms with Gasteiger partial charge in [-0.05, 0) is 12.8 Å². The van der Waals surface area contributed by atoms with Crippen molar-refractivity contribution < 1.29 is 19.8 Å². The second kappa shape index (κ2) is 13.5. The maximum atomic E-state index is 9.77. The third-order valence-corrected chi connectivity index (χ3v) is 3.27. The van der Waals surface area contributed by atoms with Gasteiger partial charge in [0.15, 0.2) is 0 Å². The Kier molecular flexibility index (Phi) is 19.6. The van der Waals surface area contributed by atoms with Gasteiger partial charge >= 0.3 is 48.9 Å². The molecule has 0 aromatic rings. The van der Waals surface area contributed by atoms with Crippen molar-refractivity contribution >= 4 is 92.7 Å². The van der Waals surface area contributed by atoms with Gasteiger partial charge in [0, 0.05) is 0 Å². The fraction of sp³-hybridized carbons (Fsp3) is 0.750. The molecule has 0 spiro atoms. The van der Waals surface area contributed by atoms with Crippen molar-refractivity contribution in [2.45, 2.75) is 36.3 Å². The van der Waals surface area contributed by atoms with Gasteiger partial charge in [-0.25, -0.2) is 0 Å². The standard InChI is InChI=1S/2C4H7BrO2.Ba/c2*1-2-3(5)4(6)7;/h2*3H,2H2,1H3,(H,6,7);/q;;+2/p-2. The molecule has 15 heavy (non-hydrogen) atoms. The first-order chi connectivity index (χ1) is 6.36. The van der Waals surface area contributed by atoms with Crippen molar-refractivity contribution in [1.29, 1.82) is 0 Å². The van der Waals surface area contributed by atoms with Gasteiger partial charge in [-0.1, -0.05) is 45.7 Å². The van der Waals surface area contributed by atoms with Gasteiger partial charge in [-0.15, -0.1) is 0 Å². The normalized spacial score (nSPS) is 12.5. The van der Waals surface area contributed by atoms with E-state index >= 15 is 0 Å². The molecule has 0 saturated heterocycles. The van der Waals surface area contributed by atoms with Gasteiger partial charge < -0.3 is 19.8 Å². The number of carbonyl (C=O) groups is 2. The first-order valence-corrected chi connectivity index (χ1v) is 5.89. The van der Waals surface area contributed by atoms with Crippen molar-refractivity contribution in [3.63, 3.8) is 0 Å². The fourth-order valence-electron chi connectivity index (χ4n) is 0.333. The van der Waals surface area contributed by atoms with Crippen LogP contribution in [-0.2, 0) is 9.59 Å². The molecule has 0 aliphatic heterocycles. The van der Waals surface area contributed by atoms with Crippen LogP contribution in [-0.4, -0.2) is 70.5 Å². The van der Waals surface area contributed by atoms with E-state index in [0.29, 0.717) is 12.8 Å². The summed E-state index contributed by atoms with van der Waals surface area (Å²) in [6.07, 6.45) is 1.14. The third kappa shape index (κ3) is 15.5. The number of halogens is 2. The van der Waals surface area contributed by atoms with E-state index in [1.807, 2.05) is 0 Å². The predicted molar refractivity (Wildman–Crippen MR) is 61.8 cm³/mol. The van der Waals surface area contributed by atoms with E-state index in [4.69, 9.17) is 0 Å². The van der Waals surface area contributed by atoms with Gasteiger partial charge in [0.05, 0.1) is 21.6 Å². The Bertz CT molecular complexity index is 169. The van der Waals surface area contributed by atoms with Crippen LogP contribution in [0.2, 0.25) is 0 Å². The Balaban J connectivity index is -0.000000180. The summed E-state index contributed by atoms with van der Waals surface area (Å²) in [5.74, 6) is -2.08. The van der Waals surface area contributed by atoms with Crippen molar-refractivity contribution in [3.8, 4) is 0 Å². The van der Waals surface area contributed by atoms with E-state index in [9.17, 15) is 19.8 Å². The van der Waals surface area contributed by atoms with Crippen molar-refractivity contribution in [2.24, 2.45) is 0 Å². The van der Waals surface area contributed by atoms with E-state index in [1.54, 1.807) is 13.8 Å². The minimum absolute atomic E-state index is 0. The molecule has 0 heterocycles. The largest absolute Gasteiger partial charge is 2.00 e. The molecule has 0 aliphatic carbocycles. The summed E-state index contributed by atoms with van der Waals surface area (Å²) in [7, 11) is 0. The molecular formula is C8H12BaBr2O4. The zero-order valence-electron chi connectivity index (χ0n) is 8.66. The van der Waals surface area contributed by atoms with E-state index in [1.165, 1.54) is 0 Å². The molecule has 0 rings (SSSR count). The predicted octanol–water partition coefficient (Wildman–Crippen LogP) is -0.561. The van der Waals surface area contributed by atoms with Gasteiger partial charge in [0.1, 0.15) is 0 Å². The van der Waals surface area contributed by atoms with Gasteiger partial charge in [-0.3, -0.25) is 0 Å². The van der Waals surface area contributed by atoms with Crippen LogP contribution >= 0.6 is 31.9 Å². The van der Waals surface area contributed by atoms with Gasteiger partial charge in [-0.2, -0.15) is 0 Å². The summed E-state index contributed by atoms with van der Waals surface area (Å²) in [6, 6.07) is 0. The molecule has 0 aromatic carbocycles. The van der Waals surface area contributed by atoms with E-state index in [2.05, 4.69) is 31.9 Å². The monoisotopic (exact) mass is 468 g/mol. The molecule has 0 fully saturated rings. The molecule has 0 saturated carbocycles. The van der Waals surface area contributed by atoms with Crippen LogP contribution in [0.15, 0.2) is 0 Å². The fourth-order valence-corrected chi connectivity index (χ4v) is 0.333. The maximum absolute atomic E-state index is 9.77. The molecule has 7 heteroatoms. The molecule has 0 aromatic heterocycles. The van der Waals surface area contributed by atoms with E-state index < -0.39 is 21.6 Å². The molecular weight excluding hydrogens is 457 g/mol. The molecule has 2 unspecified atom stereocenters. The Morgan fingerprint density at radius 1 is 1.00 bits per heavy atom. The molecule has 2 atom stereocenters. The number of hydrogen-bond donors (Lipinski definition) is 0.